The second kappa shape index (κ2) is 6.39. The molecule has 128 valence electrons. The Bertz CT molecular complexity index is 882. The van der Waals surface area contributed by atoms with Crippen LogP contribution in [0.5, 0.6) is 0 Å². The van der Waals surface area contributed by atoms with E-state index < -0.39 is 0 Å². The van der Waals surface area contributed by atoms with Crippen molar-refractivity contribution in [2.45, 2.75) is 25.3 Å². The van der Waals surface area contributed by atoms with Gasteiger partial charge in [-0.1, -0.05) is 23.4 Å². The number of aryl methyl sites for hydroxylation is 1. The maximum atomic E-state index is 12.1. The van der Waals surface area contributed by atoms with Crippen molar-refractivity contribution in [3.8, 4) is 11.5 Å². The van der Waals surface area contributed by atoms with E-state index in [1.807, 2.05) is 43.6 Å². The number of aromatic nitrogens is 4. The van der Waals surface area contributed by atoms with Crippen molar-refractivity contribution in [2.24, 2.45) is 7.05 Å². The summed E-state index contributed by atoms with van der Waals surface area (Å²) in [7, 11) is 1.85. The molecule has 3 aromatic rings. The molecule has 4 rings (SSSR count). The Balaban J connectivity index is 1.36. The predicted molar refractivity (Wildman–Crippen MR) is 90.8 cm³/mol. The van der Waals surface area contributed by atoms with Gasteiger partial charge in [0.1, 0.15) is 0 Å². The zero-order chi connectivity index (χ0) is 17.2. The summed E-state index contributed by atoms with van der Waals surface area (Å²) in [6.07, 6.45) is 4.06. The first-order valence-corrected chi connectivity index (χ1v) is 8.15. The van der Waals surface area contributed by atoms with Crippen LogP contribution in [-0.2, 0) is 13.6 Å². The summed E-state index contributed by atoms with van der Waals surface area (Å²) in [6.45, 7) is 0.182. The topological polar surface area (TPSA) is 97.9 Å². The van der Waals surface area contributed by atoms with Crippen LogP contribution in [0.3, 0.4) is 0 Å². The zero-order valence-electron chi connectivity index (χ0n) is 13.8. The highest BCUT2D eigenvalue weighted by Crippen LogP contribution is 2.42. The highest BCUT2D eigenvalue weighted by molar-refractivity contribution is 5.89. The van der Waals surface area contributed by atoms with Gasteiger partial charge >= 0.3 is 6.03 Å². The number of hydrogen-bond acceptors (Lipinski definition) is 5. The van der Waals surface area contributed by atoms with Gasteiger partial charge in [-0.05, 0) is 25.0 Å². The third kappa shape index (κ3) is 3.52. The smallest absolute Gasteiger partial charge is 0.319 e. The number of nitrogens with zero attached hydrogens (tertiary/aromatic N) is 4. The summed E-state index contributed by atoms with van der Waals surface area (Å²) in [4.78, 5) is 16.4. The maximum absolute atomic E-state index is 12.1. The minimum absolute atomic E-state index is 0.182. The van der Waals surface area contributed by atoms with Gasteiger partial charge in [-0.3, -0.25) is 4.68 Å². The second-order valence-electron chi connectivity index (χ2n) is 6.07. The van der Waals surface area contributed by atoms with E-state index in [1.54, 1.807) is 4.68 Å². The molecule has 0 bridgehead atoms. The SMILES string of the molecule is Cn1cc(NC(=O)NCc2noc(-c3ccccc3)n2)c(C2CC2)n1. The molecule has 0 unspecified atom stereocenters. The van der Waals surface area contributed by atoms with Crippen molar-refractivity contribution in [1.82, 2.24) is 25.2 Å². The van der Waals surface area contributed by atoms with Crippen LogP contribution < -0.4 is 10.6 Å². The average Bonchev–Trinajstić information content (AvgIpc) is 3.24. The molecule has 0 aliphatic heterocycles. The normalized spacial score (nSPS) is 13.6. The van der Waals surface area contributed by atoms with Gasteiger partial charge in [-0.25, -0.2) is 4.79 Å². The van der Waals surface area contributed by atoms with E-state index in [0.717, 1.165) is 29.8 Å². The molecule has 1 aliphatic rings. The first-order valence-electron chi connectivity index (χ1n) is 8.15. The average molecular weight is 338 g/mol. The van der Waals surface area contributed by atoms with Gasteiger partial charge < -0.3 is 15.2 Å². The number of benzene rings is 1. The number of nitrogens with one attached hydrogen (secondary N) is 2. The Hall–Kier alpha value is -3.16. The molecule has 0 saturated heterocycles. The molecule has 1 aromatic carbocycles. The fourth-order valence-corrected chi connectivity index (χ4v) is 2.61. The summed E-state index contributed by atoms with van der Waals surface area (Å²) in [5.74, 6) is 1.31. The zero-order valence-corrected chi connectivity index (χ0v) is 13.8. The Morgan fingerprint density at radius 2 is 2.12 bits per heavy atom. The molecule has 2 amide bonds. The third-order valence-corrected chi connectivity index (χ3v) is 3.97. The van der Waals surface area contributed by atoms with Crippen molar-refractivity contribution in [3.05, 3.63) is 48.0 Å². The van der Waals surface area contributed by atoms with Crippen molar-refractivity contribution < 1.29 is 9.32 Å². The predicted octanol–water partition coefficient (Wildman–Crippen LogP) is 2.67. The van der Waals surface area contributed by atoms with Crippen molar-refractivity contribution in [3.63, 3.8) is 0 Å². The highest BCUT2D eigenvalue weighted by Gasteiger charge is 2.29. The first-order chi connectivity index (χ1) is 12.2. The number of hydrogen-bond donors (Lipinski definition) is 2. The number of rotatable bonds is 5. The van der Waals surface area contributed by atoms with E-state index in [0.29, 0.717) is 17.6 Å². The largest absolute Gasteiger partial charge is 0.334 e. The summed E-state index contributed by atoms with van der Waals surface area (Å²) < 4.78 is 6.93. The molecule has 8 heteroatoms. The second-order valence-corrected chi connectivity index (χ2v) is 6.07. The van der Waals surface area contributed by atoms with E-state index in [9.17, 15) is 4.79 Å². The Morgan fingerprint density at radius 3 is 2.88 bits per heavy atom. The van der Waals surface area contributed by atoms with Crippen molar-refractivity contribution in [1.29, 1.82) is 0 Å². The van der Waals surface area contributed by atoms with E-state index in [-0.39, 0.29) is 12.6 Å². The molecule has 2 aromatic heterocycles. The lowest BCUT2D eigenvalue weighted by Crippen LogP contribution is -2.28. The lowest BCUT2D eigenvalue weighted by molar-refractivity contribution is 0.251. The summed E-state index contributed by atoms with van der Waals surface area (Å²) in [5, 5.41) is 13.9. The fourth-order valence-electron chi connectivity index (χ4n) is 2.61. The van der Waals surface area contributed by atoms with Crippen LogP contribution in [0.1, 0.15) is 30.3 Å². The lowest BCUT2D eigenvalue weighted by Gasteiger charge is -2.05. The molecule has 1 saturated carbocycles. The summed E-state index contributed by atoms with van der Waals surface area (Å²) in [6, 6.07) is 9.17. The van der Waals surface area contributed by atoms with Crippen LogP contribution in [-0.4, -0.2) is 26.0 Å². The number of urea groups is 1. The van der Waals surface area contributed by atoms with Gasteiger partial charge in [0.05, 0.1) is 17.9 Å². The standard InChI is InChI=1S/C17H18N6O2/c1-23-10-13(15(21-23)11-7-8-11)19-17(24)18-9-14-20-16(25-22-14)12-5-3-2-4-6-12/h2-6,10-11H,7-9H2,1H3,(H2,18,19,24). The van der Waals surface area contributed by atoms with E-state index >= 15 is 0 Å². The van der Waals surface area contributed by atoms with Crippen LogP contribution in [0, 0.1) is 0 Å². The molecule has 0 atom stereocenters. The summed E-state index contributed by atoms with van der Waals surface area (Å²) in [5.41, 5.74) is 2.54. The van der Waals surface area contributed by atoms with Gasteiger partial charge in [0.15, 0.2) is 5.82 Å². The lowest BCUT2D eigenvalue weighted by atomic mass is 10.2. The van der Waals surface area contributed by atoms with E-state index in [1.165, 1.54) is 0 Å². The van der Waals surface area contributed by atoms with Gasteiger partial charge in [0.25, 0.3) is 5.89 Å². The van der Waals surface area contributed by atoms with Crippen LogP contribution in [0.4, 0.5) is 10.5 Å². The van der Waals surface area contributed by atoms with Crippen molar-refractivity contribution in [2.75, 3.05) is 5.32 Å². The van der Waals surface area contributed by atoms with Gasteiger partial charge in [-0.15, -0.1) is 0 Å². The molecule has 2 heterocycles. The fraction of sp³-hybridized carbons (Fsp3) is 0.294. The Morgan fingerprint density at radius 1 is 1.32 bits per heavy atom. The molecule has 0 radical (unpaired) electrons. The monoisotopic (exact) mass is 338 g/mol. The van der Waals surface area contributed by atoms with Crippen molar-refractivity contribution >= 4 is 11.7 Å². The quantitative estimate of drug-likeness (QED) is 0.745. The number of amides is 2. The summed E-state index contributed by atoms with van der Waals surface area (Å²) >= 11 is 0. The minimum Gasteiger partial charge on any atom is -0.334 e. The molecule has 2 N–H and O–H groups in total. The molecule has 8 nitrogen and oxygen atoms in total. The maximum Gasteiger partial charge on any atom is 0.319 e. The molecule has 0 spiro atoms. The molecular formula is C17H18N6O2. The molecule has 25 heavy (non-hydrogen) atoms. The molecule has 1 aliphatic carbocycles. The first kappa shape index (κ1) is 15.4. The molecule has 1 fully saturated rings. The van der Waals surface area contributed by atoms with Gasteiger partial charge in [0, 0.05) is 24.7 Å². The van der Waals surface area contributed by atoms with Gasteiger partial charge in [0.2, 0.25) is 0 Å². The van der Waals surface area contributed by atoms with Crippen LogP contribution >= 0.6 is 0 Å². The number of carbonyl (C=O) groups is 1. The van der Waals surface area contributed by atoms with E-state index in [2.05, 4.69) is 25.9 Å². The Kier molecular flexibility index (Phi) is 3.93. The highest BCUT2D eigenvalue weighted by atomic mass is 16.5. The van der Waals surface area contributed by atoms with Crippen LogP contribution in [0.2, 0.25) is 0 Å². The van der Waals surface area contributed by atoms with Gasteiger partial charge in [-0.2, -0.15) is 10.1 Å². The number of carbonyl (C=O) groups excluding carboxylic acids is 1. The Labute approximate surface area is 144 Å². The molecular weight excluding hydrogens is 320 g/mol. The number of anilines is 1. The minimum atomic E-state index is -0.319. The van der Waals surface area contributed by atoms with Crippen LogP contribution in [0.15, 0.2) is 41.1 Å². The van der Waals surface area contributed by atoms with Crippen LogP contribution in [0.25, 0.3) is 11.5 Å². The van der Waals surface area contributed by atoms with E-state index in [4.69, 9.17) is 4.52 Å². The third-order valence-electron chi connectivity index (χ3n) is 3.97.